The molecule has 1 aliphatic carbocycles. The van der Waals surface area contributed by atoms with Crippen LogP contribution in [0.25, 0.3) is 0 Å². The number of nitrogens with zero attached hydrogens (tertiary/aromatic N) is 1. The van der Waals surface area contributed by atoms with E-state index in [1.54, 1.807) is 4.90 Å². The minimum atomic E-state index is -1.13. The van der Waals surface area contributed by atoms with Crippen molar-refractivity contribution in [3.8, 4) is 0 Å². The summed E-state index contributed by atoms with van der Waals surface area (Å²) >= 11 is 0. The lowest BCUT2D eigenvalue weighted by atomic mass is 9.84. The average molecular weight is 439 g/mol. The molecule has 0 aromatic heterocycles. The third kappa shape index (κ3) is 5.75. The summed E-state index contributed by atoms with van der Waals surface area (Å²) in [4.78, 5) is 52.0. The zero-order valence-corrected chi connectivity index (χ0v) is 19.3. The smallest absolute Gasteiger partial charge is 0.325 e. The Kier molecular flexibility index (Phi) is 8.45. The van der Waals surface area contributed by atoms with Gasteiger partial charge in [-0.1, -0.05) is 40.5 Å². The Morgan fingerprint density at radius 2 is 1.58 bits per heavy atom. The summed E-state index contributed by atoms with van der Waals surface area (Å²) in [6.45, 7) is 8.78. The highest BCUT2D eigenvalue weighted by molar-refractivity contribution is 5.95. The van der Waals surface area contributed by atoms with E-state index in [2.05, 4.69) is 10.6 Å². The zero-order valence-electron chi connectivity index (χ0n) is 19.3. The van der Waals surface area contributed by atoms with Crippen LogP contribution in [-0.2, 0) is 19.2 Å². The highest BCUT2D eigenvalue weighted by atomic mass is 16.4. The maximum absolute atomic E-state index is 13.7. The molecule has 2 unspecified atom stereocenters. The summed E-state index contributed by atoms with van der Waals surface area (Å²) in [7, 11) is 0. The van der Waals surface area contributed by atoms with Crippen molar-refractivity contribution in [2.45, 2.75) is 96.9 Å². The highest BCUT2D eigenvalue weighted by Gasteiger charge is 2.49. The van der Waals surface area contributed by atoms with Crippen molar-refractivity contribution >= 4 is 23.7 Å². The summed E-state index contributed by atoms with van der Waals surface area (Å²) < 4.78 is 0. The van der Waals surface area contributed by atoms with E-state index in [0.717, 1.165) is 25.7 Å². The number of hydrogen-bond donors (Lipinski definition) is 4. The predicted molar refractivity (Wildman–Crippen MR) is 116 cm³/mol. The summed E-state index contributed by atoms with van der Waals surface area (Å²) in [5.41, 5.74) is 5.97. The maximum atomic E-state index is 13.7. The van der Waals surface area contributed by atoms with Gasteiger partial charge in [0.25, 0.3) is 0 Å². The van der Waals surface area contributed by atoms with Crippen molar-refractivity contribution in [2.75, 3.05) is 0 Å². The fraction of sp³-hybridized carbons (Fsp3) is 0.818. The van der Waals surface area contributed by atoms with Crippen LogP contribution in [0.2, 0.25) is 0 Å². The van der Waals surface area contributed by atoms with E-state index < -0.39 is 36.0 Å². The first-order chi connectivity index (χ1) is 14.5. The van der Waals surface area contributed by atoms with Crippen LogP contribution in [0.1, 0.15) is 66.7 Å². The molecule has 5 N–H and O–H groups in total. The van der Waals surface area contributed by atoms with Crippen LogP contribution in [0.3, 0.4) is 0 Å². The van der Waals surface area contributed by atoms with Gasteiger partial charge >= 0.3 is 5.97 Å². The zero-order chi connectivity index (χ0) is 23.5. The molecule has 0 aromatic rings. The number of carbonyl (C=O) groups is 4. The van der Waals surface area contributed by atoms with Crippen LogP contribution in [0, 0.1) is 17.8 Å². The molecular weight excluding hydrogens is 400 g/mol. The SMILES string of the molecule is CC(C)[C@H](N)C(=O)N[C@H](C(=O)N1C2CCCCC2C[C@H]1C(=O)N[C@@H](C)C(=O)O)C(C)C. The van der Waals surface area contributed by atoms with Crippen LogP contribution in [-0.4, -0.2) is 63.9 Å². The molecule has 3 amide bonds. The summed E-state index contributed by atoms with van der Waals surface area (Å²) in [6, 6.07) is -3.39. The molecule has 2 aliphatic rings. The van der Waals surface area contributed by atoms with E-state index in [4.69, 9.17) is 10.8 Å². The minimum Gasteiger partial charge on any atom is -0.480 e. The first-order valence-corrected chi connectivity index (χ1v) is 11.4. The number of carboxylic acids is 1. The van der Waals surface area contributed by atoms with Gasteiger partial charge in [0.15, 0.2) is 0 Å². The van der Waals surface area contributed by atoms with Crippen molar-refractivity contribution in [3.05, 3.63) is 0 Å². The lowest BCUT2D eigenvalue weighted by Gasteiger charge is -2.37. The van der Waals surface area contributed by atoms with E-state index in [9.17, 15) is 19.2 Å². The molecule has 0 radical (unpaired) electrons. The monoisotopic (exact) mass is 438 g/mol. The van der Waals surface area contributed by atoms with Crippen LogP contribution >= 0.6 is 0 Å². The van der Waals surface area contributed by atoms with Gasteiger partial charge in [-0.15, -0.1) is 0 Å². The lowest BCUT2D eigenvalue weighted by Crippen LogP contribution is -2.60. The standard InChI is InChI=1S/C22H38N4O5/c1-11(2)17(23)20(28)25-18(12(3)4)21(29)26-15-9-7-6-8-14(15)10-16(26)19(27)24-13(5)22(30)31/h11-18H,6-10,23H2,1-5H3,(H,24,27)(H,25,28)(H,30,31)/t13-,14?,15?,16-,17-,18-/m0/s1. The van der Waals surface area contributed by atoms with Crippen molar-refractivity contribution in [3.63, 3.8) is 0 Å². The molecule has 1 saturated carbocycles. The number of carboxylic acid groups (broad SMARTS) is 1. The lowest BCUT2D eigenvalue weighted by molar-refractivity contribution is -0.146. The Morgan fingerprint density at radius 1 is 0.968 bits per heavy atom. The number of aliphatic carboxylic acids is 1. The van der Waals surface area contributed by atoms with Crippen molar-refractivity contribution in [1.29, 1.82) is 0 Å². The van der Waals surface area contributed by atoms with Gasteiger partial charge in [-0.2, -0.15) is 0 Å². The van der Waals surface area contributed by atoms with Crippen LogP contribution < -0.4 is 16.4 Å². The Hall–Kier alpha value is -2.16. The molecule has 1 aliphatic heterocycles. The van der Waals surface area contributed by atoms with E-state index >= 15 is 0 Å². The Bertz CT molecular complexity index is 695. The number of fused-ring (bicyclic) bond motifs is 1. The van der Waals surface area contributed by atoms with E-state index in [1.807, 2.05) is 27.7 Å². The molecule has 0 spiro atoms. The third-order valence-corrected chi connectivity index (χ3v) is 6.63. The number of nitrogens with one attached hydrogen (secondary N) is 2. The normalized spacial score (nSPS) is 26.2. The van der Waals surface area contributed by atoms with Crippen molar-refractivity contribution in [1.82, 2.24) is 15.5 Å². The summed E-state index contributed by atoms with van der Waals surface area (Å²) in [5.74, 6) is -2.33. The molecule has 31 heavy (non-hydrogen) atoms. The Balaban J connectivity index is 2.28. The first-order valence-electron chi connectivity index (χ1n) is 11.4. The topological polar surface area (TPSA) is 142 Å². The third-order valence-electron chi connectivity index (χ3n) is 6.63. The predicted octanol–water partition coefficient (Wildman–Crippen LogP) is 0.860. The Morgan fingerprint density at radius 3 is 2.13 bits per heavy atom. The average Bonchev–Trinajstić information content (AvgIpc) is 3.09. The van der Waals surface area contributed by atoms with Gasteiger partial charge in [-0.05, 0) is 43.9 Å². The van der Waals surface area contributed by atoms with Crippen LogP contribution in [0.4, 0.5) is 0 Å². The van der Waals surface area contributed by atoms with Gasteiger partial charge in [-0.25, -0.2) is 0 Å². The molecule has 9 nitrogen and oxygen atoms in total. The number of likely N-dealkylation sites (tertiary alicyclic amines) is 1. The van der Waals surface area contributed by atoms with Gasteiger partial charge in [0, 0.05) is 6.04 Å². The van der Waals surface area contributed by atoms with Gasteiger partial charge in [-0.3, -0.25) is 19.2 Å². The summed E-state index contributed by atoms with van der Waals surface area (Å²) in [6.07, 6.45) is 4.28. The molecule has 1 saturated heterocycles. The van der Waals surface area contributed by atoms with E-state index in [1.165, 1.54) is 6.92 Å². The fourth-order valence-electron chi connectivity index (χ4n) is 4.61. The van der Waals surface area contributed by atoms with Gasteiger partial charge in [0.2, 0.25) is 17.7 Å². The molecular formula is C22H38N4O5. The Labute approximate surface area is 184 Å². The molecule has 2 rings (SSSR count). The largest absolute Gasteiger partial charge is 0.480 e. The highest BCUT2D eigenvalue weighted by Crippen LogP contribution is 2.40. The van der Waals surface area contributed by atoms with Crippen molar-refractivity contribution < 1.29 is 24.3 Å². The van der Waals surface area contributed by atoms with Crippen LogP contribution in [0.15, 0.2) is 0 Å². The van der Waals surface area contributed by atoms with E-state index in [0.29, 0.717) is 6.42 Å². The molecule has 6 atom stereocenters. The van der Waals surface area contributed by atoms with Gasteiger partial charge < -0.3 is 26.4 Å². The van der Waals surface area contributed by atoms with Crippen LogP contribution in [0.5, 0.6) is 0 Å². The van der Waals surface area contributed by atoms with Crippen molar-refractivity contribution in [2.24, 2.45) is 23.5 Å². The second kappa shape index (κ2) is 10.4. The van der Waals surface area contributed by atoms with Gasteiger partial charge in [0.05, 0.1) is 6.04 Å². The fourth-order valence-corrected chi connectivity index (χ4v) is 4.61. The van der Waals surface area contributed by atoms with E-state index in [-0.39, 0.29) is 35.6 Å². The number of hydrogen-bond acceptors (Lipinski definition) is 5. The molecule has 176 valence electrons. The molecule has 0 bridgehead atoms. The minimum absolute atomic E-state index is 0.0749. The van der Waals surface area contributed by atoms with Gasteiger partial charge in [0.1, 0.15) is 18.1 Å². The number of amides is 3. The number of rotatable bonds is 8. The molecule has 1 heterocycles. The second-order valence-corrected chi connectivity index (χ2v) is 9.68. The maximum Gasteiger partial charge on any atom is 0.325 e. The quantitative estimate of drug-likeness (QED) is 0.443. The summed E-state index contributed by atoms with van der Waals surface area (Å²) in [5, 5.41) is 14.5. The molecule has 9 heteroatoms. The number of carbonyl (C=O) groups excluding carboxylic acids is 3. The number of nitrogens with two attached hydrogens (primary N) is 1. The first kappa shape index (κ1) is 25.1. The second-order valence-electron chi connectivity index (χ2n) is 9.68. The molecule has 2 fully saturated rings. The molecule has 0 aromatic carbocycles.